The van der Waals surface area contributed by atoms with Gasteiger partial charge in [0.05, 0.1) is 11.1 Å². The number of aliphatic hydroxyl groups excluding tert-OH is 1. The maximum absolute atomic E-state index is 14.0. The summed E-state index contributed by atoms with van der Waals surface area (Å²) in [5, 5.41) is 10.4. The fourth-order valence-electron chi connectivity index (χ4n) is 2.03. The van der Waals surface area contributed by atoms with Crippen LogP contribution in [-0.2, 0) is 0 Å². The number of nitrogens with zero attached hydrogens (tertiary/aromatic N) is 1. The SMILES string of the molecule is NCC(c1cccc(Cl)c1F)C(O)c1ccncc1. The van der Waals surface area contributed by atoms with Crippen molar-refractivity contribution in [3.05, 3.63) is 64.7 Å². The normalized spacial score (nSPS) is 14.1. The van der Waals surface area contributed by atoms with Gasteiger partial charge in [0.15, 0.2) is 0 Å². The van der Waals surface area contributed by atoms with Gasteiger partial charge in [-0.3, -0.25) is 4.98 Å². The van der Waals surface area contributed by atoms with E-state index in [2.05, 4.69) is 4.98 Å². The molecular formula is C14H14ClFN2O. The Morgan fingerprint density at radius 3 is 2.58 bits per heavy atom. The van der Waals surface area contributed by atoms with Gasteiger partial charge in [-0.05, 0) is 29.3 Å². The third-order valence-corrected chi connectivity index (χ3v) is 3.36. The number of hydrogen-bond acceptors (Lipinski definition) is 3. The number of aliphatic hydroxyl groups is 1. The average Bonchev–Trinajstić information content (AvgIpc) is 2.45. The van der Waals surface area contributed by atoms with E-state index in [9.17, 15) is 9.50 Å². The first-order valence-electron chi connectivity index (χ1n) is 5.87. The van der Waals surface area contributed by atoms with Crippen LogP contribution in [0.4, 0.5) is 4.39 Å². The predicted octanol–water partition coefficient (Wildman–Crippen LogP) is 2.65. The molecule has 0 amide bonds. The first-order chi connectivity index (χ1) is 9.15. The van der Waals surface area contributed by atoms with Crippen molar-refractivity contribution in [2.45, 2.75) is 12.0 Å². The van der Waals surface area contributed by atoms with E-state index < -0.39 is 17.8 Å². The monoisotopic (exact) mass is 280 g/mol. The molecule has 1 aromatic carbocycles. The van der Waals surface area contributed by atoms with Crippen LogP contribution in [0.15, 0.2) is 42.7 Å². The molecule has 0 fully saturated rings. The summed E-state index contributed by atoms with van der Waals surface area (Å²) in [6.07, 6.45) is 2.24. The lowest BCUT2D eigenvalue weighted by Crippen LogP contribution is -2.21. The molecule has 2 atom stereocenters. The molecule has 2 rings (SSSR count). The highest BCUT2D eigenvalue weighted by Gasteiger charge is 2.24. The summed E-state index contributed by atoms with van der Waals surface area (Å²) in [5.41, 5.74) is 6.64. The second kappa shape index (κ2) is 6.10. The molecule has 0 radical (unpaired) electrons. The van der Waals surface area contributed by atoms with Gasteiger partial charge in [-0.25, -0.2) is 4.39 Å². The van der Waals surface area contributed by atoms with Gasteiger partial charge in [-0.1, -0.05) is 23.7 Å². The molecule has 0 saturated heterocycles. The van der Waals surface area contributed by atoms with Gasteiger partial charge in [0.2, 0.25) is 0 Å². The topological polar surface area (TPSA) is 59.1 Å². The van der Waals surface area contributed by atoms with Crippen molar-refractivity contribution in [1.29, 1.82) is 0 Å². The zero-order chi connectivity index (χ0) is 13.8. The number of benzene rings is 1. The number of nitrogens with two attached hydrogens (primary N) is 1. The van der Waals surface area contributed by atoms with Gasteiger partial charge in [0.1, 0.15) is 5.82 Å². The van der Waals surface area contributed by atoms with Crippen LogP contribution in [0.25, 0.3) is 0 Å². The van der Waals surface area contributed by atoms with Crippen LogP contribution in [0.3, 0.4) is 0 Å². The van der Waals surface area contributed by atoms with E-state index in [4.69, 9.17) is 17.3 Å². The van der Waals surface area contributed by atoms with Crippen molar-refractivity contribution < 1.29 is 9.50 Å². The summed E-state index contributed by atoms with van der Waals surface area (Å²) in [4.78, 5) is 3.88. The molecule has 2 unspecified atom stereocenters. The Morgan fingerprint density at radius 1 is 1.26 bits per heavy atom. The standard InChI is InChI=1S/C14H14ClFN2O/c15-12-3-1-2-10(13(12)16)11(8-17)14(19)9-4-6-18-7-5-9/h1-7,11,14,19H,8,17H2. The molecule has 0 aliphatic rings. The van der Waals surface area contributed by atoms with Crippen molar-refractivity contribution in [2.24, 2.45) is 5.73 Å². The van der Waals surface area contributed by atoms with Crippen LogP contribution in [0.5, 0.6) is 0 Å². The molecule has 0 spiro atoms. The Labute approximate surface area is 115 Å². The second-order valence-corrected chi connectivity index (χ2v) is 4.62. The average molecular weight is 281 g/mol. The maximum Gasteiger partial charge on any atom is 0.145 e. The molecule has 100 valence electrons. The smallest absolute Gasteiger partial charge is 0.145 e. The van der Waals surface area contributed by atoms with Crippen LogP contribution in [0, 0.1) is 5.82 Å². The largest absolute Gasteiger partial charge is 0.388 e. The van der Waals surface area contributed by atoms with E-state index in [1.54, 1.807) is 36.7 Å². The van der Waals surface area contributed by atoms with Gasteiger partial charge in [-0.15, -0.1) is 0 Å². The predicted molar refractivity (Wildman–Crippen MR) is 72.4 cm³/mol. The summed E-state index contributed by atoms with van der Waals surface area (Å²) >= 11 is 5.76. The molecule has 1 heterocycles. The molecule has 5 heteroatoms. The first kappa shape index (κ1) is 13.9. The van der Waals surface area contributed by atoms with E-state index >= 15 is 0 Å². The summed E-state index contributed by atoms with van der Waals surface area (Å²) in [6.45, 7) is 0.112. The summed E-state index contributed by atoms with van der Waals surface area (Å²) in [7, 11) is 0. The molecular weight excluding hydrogens is 267 g/mol. The lowest BCUT2D eigenvalue weighted by molar-refractivity contribution is 0.145. The Kier molecular flexibility index (Phi) is 4.47. The third kappa shape index (κ3) is 2.92. The highest BCUT2D eigenvalue weighted by molar-refractivity contribution is 6.30. The van der Waals surface area contributed by atoms with Crippen molar-refractivity contribution in [1.82, 2.24) is 4.98 Å². The highest BCUT2D eigenvalue weighted by atomic mass is 35.5. The number of hydrogen-bond donors (Lipinski definition) is 2. The fraction of sp³-hybridized carbons (Fsp3) is 0.214. The van der Waals surface area contributed by atoms with Crippen molar-refractivity contribution in [3.8, 4) is 0 Å². The molecule has 19 heavy (non-hydrogen) atoms. The van der Waals surface area contributed by atoms with Crippen LogP contribution in [-0.4, -0.2) is 16.6 Å². The van der Waals surface area contributed by atoms with Crippen molar-refractivity contribution in [2.75, 3.05) is 6.54 Å². The number of pyridine rings is 1. The van der Waals surface area contributed by atoms with E-state index in [-0.39, 0.29) is 11.6 Å². The highest BCUT2D eigenvalue weighted by Crippen LogP contribution is 2.33. The van der Waals surface area contributed by atoms with Gasteiger partial charge in [0.25, 0.3) is 0 Å². The minimum Gasteiger partial charge on any atom is -0.388 e. The van der Waals surface area contributed by atoms with Gasteiger partial charge in [0, 0.05) is 24.9 Å². The maximum atomic E-state index is 14.0. The van der Waals surface area contributed by atoms with Crippen LogP contribution >= 0.6 is 11.6 Å². The minimum atomic E-state index is -0.902. The Hall–Kier alpha value is -1.49. The summed E-state index contributed by atoms with van der Waals surface area (Å²) in [6, 6.07) is 8.05. The first-order valence-corrected chi connectivity index (χ1v) is 6.25. The quantitative estimate of drug-likeness (QED) is 0.905. The molecule has 0 bridgehead atoms. The Balaban J connectivity index is 2.37. The second-order valence-electron chi connectivity index (χ2n) is 4.21. The van der Waals surface area contributed by atoms with E-state index in [1.807, 2.05) is 0 Å². The summed E-state index contributed by atoms with van der Waals surface area (Å²) in [5.74, 6) is -1.09. The van der Waals surface area contributed by atoms with Crippen molar-refractivity contribution >= 4 is 11.6 Å². The fourth-order valence-corrected chi connectivity index (χ4v) is 2.21. The minimum absolute atomic E-state index is 0.0258. The molecule has 0 aliphatic carbocycles. The number of aromatic nitrogens is 1. The zero-order valence-corrected chi connectivity index (χ0v) is 10.9. The molecule has 3 nitrogen and oxygen atoms in total. The van der Waals surface area contributed by atoms with Crippen LogP contribution in [0.1, 0.15) is 23.1 Å². The molecule has 2 aromatic rings. The van der Waals surface area contributed by atoms with Gasteiger partial charge in [-0.2, -0.15) is 0 Å². The summed E-state index contributed by atoms with van der Waals surface area (Å²) < 4.78 is 14.0. The molecule has 1 aromatic heterocycles. The lowest BCUT2D eigenvalue weighted by Gasteiger charge is -2.22. The molecule has 0 aliphatic heterocycles. The Bertz CT molecular complexity index is 550. The van der Waals surface area contributed by atoms with Gasteiger partial charge >= 0.3 is 0 Å². The lowest BCUT2D eigenvalue weighted by atomic mass is 9.89. The van der Waals surface area contributed by atoms with E-state index in [0.29, 0.717) is 11.1 Å². The number of halogens is 2. The van der Waals surface area contributed by atoms with Crippen LogP contribution in [0.2, 0.25) is 5.02 Å². The van der Waals surface area contributed by atoms with Crippen molar-refractivity contribution in [3.63, 3.8) is 0 Å². The van der Waals surface area contributed by atoms with Crippen LogP contribution < -0.4 is 5.73 Å². The molecule has 3 N–H and O–H groups in total. The zero-order valence-electron chi connectivity index (χ0n) is 10.1. The van der Waals surface area contributed by atoms with E-state index in [0.717, 1.165) is 0 Å². The molecule has 0 saturated carbocycles. The number of rotatable bonds is 4. The third-order valence-electron chi connectivity index (χ3n) is 3.06. The van der Waals surface area contributed by atoms with Gasteiger partial charge < -0.3 is 10.8 Å². The van der Waals surface area contributed by atoms with E-state index in [1.165, 1.54) is 6.07 Å². The Morgan fingerprint density at radius 2 is 1.95 bits per heavy atom.